The van der Waals surface area contributed by atoms with Crippen molar-refractivity contribution in [1.29, 1.82) is 0 Å². The summed E-state index contributed by atoms with van der Waals surface area (Å²) in [5.74, 6) is 1.28. The summed E-state index contributed by atoms with van der Waals surface area (Å²) in [6.07, 6.45) is 8.29. The number of fused-ring (bicyclic) bond motifs is 2. The van der Waals surface area contributed by atoms with Crippen LogP contribution in [0.5, 0.6) is 5.75 Å². The van der Waals surface area contributed by atoms with Crippen LogP contribution in [0.4, 0.5) is 4.39 Å². The molecule has 6 heterocycles. The van der Waals surface area contributed by atoms with Gasteiger partial charge < -0.3 is 15.0 Å². The second kappa shape index (κ2) is 10.3. The van der Waals surface area contributed by atoms with Gasteiger partial charge >= 0.3 is 0 Å². The van der Waals surface area contributed by atoms with Crippen LogP contribution in [0, 0.1) is 5.82 Å². The number of aromatic amines is 2. The summed E-state index contributed by atoms with van der Waals surface area (Å²) in [6.45, 7) is 5.63. The van der Waals surface area contributed by atoms with Crippen LogP contribution < -0.4 is 10.1 Å². The maximum absolute atomic E-state index is 14.7. The molecule has 10 heteroatoms. The average molecular weight is 527 g/mol. The van der Waals surface area contributed by atoms with Crippen molar-refractivity contribution >= 4 is 22.2 Å². The molecule has 39 heavy (non-hydrogen) atoms. The highest BCUT2D eigenvalue weighted by Crippen LogP contribution is 2.34. The minimum absolute atomic E-state index is 0.343. The molecule has 1 aromatic carbocycles. The monoisotopic (exact) mass is 526 g/mol. The van der Waals surface area contributed by atoms with Gasteiger partial charge in [0.25, 0.3) is 0 Å². The fourth-order valence-corrected chi connectivity index (χ4v) is 5.85. The summed E-state index contributed by atoms with van der Waals surface area (Å²) in [5, 5.41) is 11.9. The molecule has 3 N–H and O–H groups in total. The number of benzene rings is 1. The van der Waals surface area contributed by atoms with E-state index in [-0.39, 0.29) is 5.82 Å². The molecule has 0 bridgehead atoms. The van der Waals surface area contributed by atoms with Crippen LogP contribution >= 0.6 is 0 Å². The van der Waals surface area contributed by atoms with Crippen molar-refractivity contribution in [2.75, 3.05) is 39.3 Å². The van der Waals surface area contributed by atoms with Crippen LogP contribution in [0.15, 0.2) is 42.7 Å². The number of pyridine rings is 2. The zero-order valence-corrected chi connectivity index (χ0v) is 21.7. The Morgan fingerprint density at radius 2 is 1.90 bits per heavy atom. The first-order valence-electron chi connectivity index (χ1n) is 13.8. The highest BCUT2D eigenvalue weighted by Gasteiger charge is 2.20. The van der Waals surface area contributed by atoms with Crippen LogP contribution in [-0.2, 0) is 0 Å². The van der Waals surface area contributed by atoms with E-state index in [1.807, 2.05) is 18.3 Å². The second-order valence-corrected chi connectivity index (χ2v) is 10.5. The van der Waals surface area contributed by atoms with Gasteiger partial charge in [-0.25, -0.2) is 19.3 Å². The number of hydrogen-bond acceptors (Lipinski definition) is 7. The summed E-state index contributed by atoms with van der Waals surface area (Å²) >= 11 is 0. The molecular formula is C29H31FN8O. The first-order valence-corrected chi connectivity index (χ1v) is 13.8. The van der Waals surface area contributed by atoms with Gasteiger partial charge in [-0.3, -0.25) is 10.00 Å². The third kappa shape index (κ3) is 4.86. The number of piperidine rings is 1. The highest BCUT2D eigenvalue weighted by atomic mass is 19.1. The molecule has 200 valence electrons. The lowest BCUT2D eigenvalue weighted by Crippen LogP contribution is -2.26. The van der Waals surface area contributed by atoms with E-state index in [0.717, 1.165) is 67.7 Å². The molecule has 0 saturated carbocycles. The summed E-state index contributed by atoms with van der Waals surface area (Å²) in [6, 6.07) is 8.88. The molecule has 9 nitrogen and oxygen atoms in total. The Bertz CT molecular complexity index is 1620. The zero-order valence-electron chi connectivity index (χ0n) is 21.7. The Morgan fingerprint density at radius 1 is 1.03 bits per heavy atom. The molecule has 0 amide bonds. The number of nitrogens with one attached hydrogen (secondary N) is 3. The fourth-order valence-electron chi connectivity index (χ4n) is 5.85. The lowest BCUT2D eigenvalue weighted by Gasteiger charge is -2.22. The molecule has 0 unspecified atom stereocenters. The van der Waals surface area contributed by atoms with Gasteiger partial charge in [-0.1, -0.05) is 0 Å². The fraction of sp³-hybridized carbons (Fsp3) is 0.379. The molecule has 7 rings (SSSR count). The first-order chi connectivity index (χ1) is 19.2. The van der Waals surface area contributed by atoms with E-state index in [4.69, 9.17) is 9.72 Å². The number of likely N-dealkylation sites (tertiary alicyclic amines) is 1. The van der Waals surface area contributed by atoms with Gasteiger partial charge in [-0.2, -0.15) is 5.10 Å². The maximum Gasteiger partial charge on any atom is 0.181 e. The lowest BCUT2D eigenvalue weighted by molar-refractivity contribution is 0.237. The predicted octanol–water partition coefficient (Wildman–Crippen LogP) is 4.64. The van der Waals surface area contributed by atoms with Crippen LogP contribution in [-0.4, -0.2) is 74.4 Å². The van der Waals surface area contributed by atoms with Crippen molar-refractivity contribution in [3.05, 3.63) is 54.1 Å². The predicted molar refractivity (Wildman–Crippen MR) is 148 cm³/mol. The molecule has 2 aliphatic heterocycles. The number of nitrogens with zero attached hydrogens (tertiary/aromatic N) is 5. The van der Waals surface area contributed by atoms with Gasteiger partial charge in [-0.15, -0.1) is 0 Å². The minimum Gasteiger partial charge on any atom is -0.492 e. The third-order valence-corrected chi connectivity index (χ3v) is 7.93. The van der Waals surface area contributed by atoms with Crippen molar-refractivity contribution in [3.63, 3.8) is 0 Å². The summed E-state index contributed by atoms with van der Waals surface area (Å²) in [4.78, 5) is 19.7. The molecule has 0 atom stereocenters. The topological polar surface area (TPSA) is 108 Å². The SMILES string of the molecule is Fc1cc(OCCN2CCCC2)cc(-c2ccnc3nc(-c4[nH]nc5ncc(C6CCNCC6)cc45)[nH]c23)c1. The quantitative estimate of drug-likeness (QED) is 0.284. The summed E-state index contributed by atoms with van der Waals surface area (Å²) in [7, 11) is 0. The van der Waals surface area contributed by atoms with Gasteiger partial charge in [0, 0.05) is 30.6 Å². The Balaban J connectivity index is 1.20. The second-order valence-electron chi connectivity index (χ2n) is 10.5. The highest BCUT2D eigenvalue weighted by molar-refractivity contribution is 5.95. The largest absolute Gasteiger partial charge is 0.492 e. The van der Waals surface area contributed by atoms with Crippen molar-refractivity contribution < 1.29 is 9.13 Å². The number of rotatable bonds is 7. The number of imidazole rings is 1. The number of H-pyrrole nitrogens is 2. The number of aromatic nitrogens is 6. The van der Waals surface area contributed by atoms with Crippen LogP contribution in [0.2, 0.25) is 0 Å². The third-order valence-electron chi connectivity index (χ3n) is 7.93. The summed E-state index contributed by atoms with van der Waals surface area (Å²) < 4.78 is 20.6. The summed E-state index contributed by atoms with van der Waals surface area (Å²) in [5.41, 5.74) is 5.43. The smallest absolute Gasteiger partial charge is 0.181 e. The number of ether oxygens (including phenoxy) is 1. The number of hydrogen-bond donors (Lipinski definition) is 3. The average Bonchev–Trinajstić information content (AvgIpc) is 3.72. The van der Waals surface area contributed by atoms with E-state index in [1.165, 1.54) is 30.5 Å². The molecule has 4 aromatic heterocycles. The van der Waals surface area contributed by atoms with E-state index < -0.39 is 0 Å². The Labute approximate surface area is 225 Å². The van der Waals surface area contributed by atoms with E-state index in [1.54, 1.807) is 6.20 Å². The molecule has 2 aliphatic rings. The lowest BCUT2D eigenvalue weighted by atomic mass is 9.91. The standard InChI is InChI=1S/C29H31FN8O/c30-21-13-19(14-22(16-21)39-12-11-38-9-1-2-10-38)23-5-8-32-28-25(23)34-29(35-28)26-24-15-20(17-33-27(24)37-36-26)18-3-6-31-7-4-18/h5,8,13-18,31H,1-4,6-7,9-12H2,(H,32,34,35)(H,33,36,37). The van der Waals surface area contributed by atoms with Crippen molar-refractivity contribution in [1.82, 2.24) is 40.3 Å². The van der Waals surface area contributed by atoms with E-state index >= 15 is 0 Å². The number of halogens is 1. The van der Waals surface area contributed by atoms with E-state index in [2.05, 4.69) is 41.4 Å². The first kappa shape index (κ1) is 24.2. The molecule has 5 aromatic rings. The van der Waals surface area contributed by atoms with Gasteiger partial charge in [0.2, 0.25) is 0 Å². The van der Waals surface area contributed by atoms with Crippen LogP contribution in [0.3, 0.4) is 0 Å². The Morgan fingerprint density at radius 3 is 2.77 bits per heavy atom. The molecule has 0 aliphatic carbocycles. The molecule has 0 radical (unpaired) electrons. The van der Waals surface area contributed by atoms with Gasteiger partial charge in [-0.05, 0) is 93.2 Å². The van der Waals surface area contributed by atoms with Crippen molar-refractivity contribution in [2.45, 2.75) is 31.6 Å². The minimum atomic E-state index is -0.343. The molecule has 2 fully saturated rings. The molecule has 2 saturated heterocycles. The Kier molecular flexibility index (Phi) is 6.41. The van der Waals surface area contributed by atoms with Crippen molar-refractivity contribution in [3.8, 4) is 28.4 Å². The van der Waals surface area contributed by atoms with Crippen molar-refractivity contribution in [2.24, 2.45) is 0 Å². The van der Waals surface area contributed by atoms with Gasteiger partial charge in [0.15, 0.2) is 17.1 Å². The van der Waals surface area contributed by atoms with E-state index in [9.17, 15) is 4.39 Å². The Hall–Kier alpha value is -3.89. The molecule has 0 spiro atoms. The van der Waals surface area contributed by atoms with Crippen LogP contribution in [0.1, 0.15) is 37.2 Å². The van der Waals surface area contributed by atoms with Gasteiger partial charge in [0.05, 0.1) is 10.9 Å². The zero-order chi connectivity index (χ0) is 26.2. The van der Waals surface area contributed by atoms with E-state index in [0.29, 0.717) is 41.0 Å². The molecular weight excluding hydrogens is 495 g/mol. The van der Waals surface area contributed by atoms with Crippen LogP contribution in [0.25, 0.3) is 44.8 Å². The maximum atomic E-state index is 14.7. The van der Waals surface area contributed by atoms with Gasteiger partial charge in [0.1, 0.15) is 23.9 Å². The normalized spacial score (nSPS) is 16.9.